The van der Waals surface area contributed by atoms with E-state index in [1.807, 2.05) is 50.2 Å². The summed E-state index contributed by atoms with van der Waals surface area (Å²) in [5, 5.41) is 4.12. The van der Waals surface area contributed by atoms with Crippen LogP contribution in [0.15, 0.2) is 66.9 Å². The zero-order chi connectivity index (χ0) is 20.9. The number of benzene rings is 2. The van der Waals surface area contributed by atoms with Crippen molar-refractivity contribution < 1.29 is 9.47 Å². The highest BCUT2D eigenvalue weighted by Crippen LogP contribution is 2.34. The SMILES string of the molecule is CCOc1ccc(NC(=S)N2CCn3cccc3[C@@H]2c2ccc(OCC)cc2)cc1. The minimum absolute atomic E-state index is 0.0483. The molecule has 3 aromatic rings. The number of aromatic nitrogens is 1. The van der Waals surface area contributed by atoms with Gasteiger partial charge in [0.15, 0.2) is 5.11 Å². The minimum Gasteiger partial charge on any atom is -0.494 e. The predicted molar refractivity (Wildman–Crippen MR) is 124 cm³/mol. The van der Waals surface area contributed by atoms with Gasteiger partial charge in [0.2, 0.25) is 0 Å². The Balaban J connectivity index is 1.58. The van der Waals surface area contributed by atoms with Gasteiger partial charge in [-0.05, 0) is 80.2 Å². The average Bonchev–Trinajstić information content (AvgIpc) is 3.24. The molecule has 0 saturated heterocycles. The van der Waals surface area contributed by atoms with Crippen LogP contribution in [0, 0.1) is 0 Å². The van der Waals surface area contributed by atoms with E-state index in [1.54, 1.807) is 0 Å². The quantitative estimate of drug-likeness (QED) is 0.562. The van der Waals surface area contributed by atoms with Crippen LogP contribution in [0.5, 0.6) is 11.5 Å². The molecule has 1 atom stereocenters. The number of fused-ring (bicyclic) bond motifs is 1. The van der Waals surface area contributed by atoms with Gasteiger partial charge in [0.1, 0.15) is 11.5 Å². The van der Waals surface area contributed by atoms with Crippen LogP contribution in [0.1, 0.15) is 31.1 Å². The summed E-state index contributed by atoms with van der Waals surface area (Å²) < 4.78 is 13.4. The van der Waals surface area contributed by atoms with E-state index in [1.165, 1.54) is 11.3 Å². The van der Waals surface area contributed by atoms with Gasteiger partial charge in [-0.15, -0.1) is 0 Å². The third-order valence-electron chi connectivity index (χ3n) is 5.22. The number of thiocarbonyl (C=S) groups is 1. The van der Waals surface area contributed by atoms with Gasteiger partial charge in [0.05, 0.1) is 19.3 Å². The van der Waals surface area contributed by atoms with Crippen molar-refractivity contribution in [1.29, 1.82) is 0 Å². The number of nitrogens with zero attached hydrogens (tertiary/aromatic N) is 2. The Kier molecular flexibility index (Phi) is 6.23. The number of ether oxygens (including phenoxy) is 2. The molecular formula is C24H27N3O2S. The van der Waals surface area contributed by atoms with Crippen molar-refractivity contribution in [1.82, 2.24) is 9.47 Å². The van der Waals surface area contributed by atoms with E-state index >= 15 is 0 Å². The van der Waals surface area contributed by atoms with Crippen LogP contribution in [0.4, 0.5) is 5.69 Å². The topological polar surface area (TPSA) is 38.7 Å². The molecule has 0 saturated carbocycles. The second kappa shape index (κ2) is 9.22. The Labute approximate surface area is 183 Å². The third kappa shape index (κ3) is 4.28. The molecule has 0 aliphatic carbocycles. The van der Waals surface area contributed by atoms with Gasteiger partial charge in [-0.2, -0.15) is 0 Å². The summed E-state index contributed by atoms with van der Waals surface area (Å²) in [5.74, 6) is 1.74. The minimum atomic E-state index is 0.0483. The van der Waals surface area contributed by atoms with Gasteiger partial charge in [-0.1, -0.05) is 12.1 Å². The highest BCUT2D eigenvalue weighted by atomic mass is 32.1. The summed E-state index contributed by atoms with van der Waals surface area (Å²) in [6.45, 7) is 7.03. The van der Waals surface area contributed by atoms with Gasteiger partial charge in [0, 0.05) is 30.7 Å². The number of nitrogens with one attached hydrogen (secondary N) is 1. The molecule has 0 fully saturated rings. The first-order chi connectivity index (χ1) is 14.7. The van der Waals surface area contributed by atoms with Gasteiger partial charge in [-0.3, -0.25) is 0 Å². The van der Waals surface area contributed by atoms with Crippen LogP contribution in [0.25, 0.3) is 0 Å². The molecule has 0 unspecified atom stereocenters. The second-order valence-corrected chi connectivity index (χ2v) is 7.50. The molecule has 0 spiro atoms. The molecule has 4 rings (SSSR count). The standard InChI is InChI=1S/C24H27N3O2S/c1-3-28-20-11-7-18(8-12-20)23-22-6-5-15-26(22)16-17-27(23)24(30)25-19-9-13-21(14-10-19)29-4-2/h5-15,23H,3-4,16-17H2,1-2H3,(H,25,30)/t23-/m0/s1. The lowest BCUT2D eigenvalue weighted by atomic mass is 10.00. The molecule has 2 heterocycles. The Morgan fingerprint density at radius 1 is 0.933 bits per heavy atom. The Bertz CT molecular complexity index is 982. The summed E-state index contributed by atoms with van der Waals surface area (Å²) in [6.07, 6.45) is 2.14. The van der Waals surface area contributed by atoms with E-state index in [0.29, 0.717) is 18.3 Å². The summed E-state index contributed by atoms with van der Waals surface area (Å²) in [6, 6.07) is 20.5. The van der Waals surface area contributed by atoms with Gasteiger partial charge in [-0.25, -0.2) is 0 Å². The van der Waals surface area contributed by atoms with Crippen molar-refractivity contribution in [3.63, 3.8) is 0 Å². The van der Waals surface area contributed by atoms with E-state index < -0.39 is 0 Å². The van der Waals surface area contributed by atoms with Crippen molar-refractivity contribution in [2.75, 3.05) is 25.1 Å². The summed E-state index contributed by atoms with van der Waals surface area (Å²) in [4.78, 5) is 2.26. The van der Waals surface area contributed by atoms with E-state index in [9.17, 15) is 0 Å². The molecule has 1 N–H and O–H groups in total. The van der Waals surface area contributed by atoms with Crippen molar-refractivity contribution in [3.05, 3.63) is 78.1 Å². The van der Waals surface area contributed by atoms with Crippen LogP contribution in [-0.4, -0.2) is 34.3 Å². The smallest absolute Gasteiger partial charge is 0.174 e. The van der Waals surface area contributed by atoms with Crippen molar-refractivity contribution in [2.45, 2.75) is 26.4 Å². The fraction of sp³-hybridized carbons (Fsp3) is 0.292. The first kappa shape index (κ1) is 20.3. The molecule has 0 radical (unpaired) electrons. The lowest BCUT2D eigenvalue weighted by Gasteiger charge is -2.39. The first-order valence-electron chi connectivity index (χ1n) is 10.4. The molecule has 30 heavy (non-hydrogen) atoms. The molecule has 1 aromatic heterocycles. The van der Waals surface area contributed by atoms with Crippen LogP contribution in [0.3, 0.4) is 0 Å². The number of rotatable bonds is 6. The van der Waals surface area contributed by atoms with Gasteiger partial charge >= 0.3 is 0 Å². The maximum Gasteiger partial charge on any atom is 0.174 e. The molecule has 0 amide bonds. The van der Waals surface area contributed by atoms with E-state index in [0.717, 1.165) is 30.3 Å². The van der Waals surface area contributed by atoms with Gasteiger partial charge in [0.25, 0.3) is 0 Å². The number of hydrogen-bond acceptors (Lipinski definition) is 3. The first-order valence-corrected chi connectivity index (χ1v) is 10.8. The largest absolute Gasteiger partial charge is 0.494 e. The van der Waals surface area contributed by atoms with Crippen molar-refractivity contribution in [3.8, 4) is 11.5 Å². The average molecular weight is 422 g/mol. The molecule has 1 aliphatic heterocycles. The van der Waals surface area contributed by atoms with Crippen molar-refractivity contribution >= 4 is 23.0 Å². The highest BCUT2D eigenvalue weighted by Gasteiger charge is 2.30. The normalized spacial score (nSPS) is 15.4. The Morgan fingerprint density at radius 3 is 2.20 bits per heavy atom. The lowest BCUT2D eigenvalue weighted by Crippen LogP contribution is -2.44. The maximum atomic E-state index is 5.84. The monoisotopic (exact) mass is 421 g/mol. The molecule has 156 valence electrons. The lowest BCUT2D eigenvalue weighted by molar-refractivity contribution is 0.293. The molecular weight excluding hydrogens is 394 g/mol. The zero-order valence-electron chi connectivity index (χ0n) is 17.4. The Morgan fingerprint density at radius 2 is 1.57 bits per heavy atom. The summed E-state index contributed by atoms with van der Waals surface area (Å²) in [7, 11) is 0. The molecule has 0 bridgehead atoms. The third-order valence-corrected chi connectivity index (χ3v) is 5.56. The van der Waals surface area contributed by atoms with Crippen LogP contribution >= 0.6 is 12.2 Å². The van der Waals surface area contributed by atoms with Gasteiger partial charge < -0.3 is 24.3 Å². The fourth-order valence-electron chi connectivity index (χ4n) is 3.86. The van der Waals surface area contributed by atoms with Crippen LogP contribution < -0.4 is 14.8 Å². The molecule has 6 heteroatoms. The summed E-state index contributed by atoms with van der Waals surface area (Å²) in [5.41, 5.74) is 3.38. The summed E-state index contributed by atoms with van der Waals surface area (Å²) >= 11 is 5.84. The van der Waals surface area contributed by atoms with E-state index in [-0.39, 0.29) is 6.04 Å². The van der Waals surface area contributed by atoms with E-state index in [2.05, 4.69) is 45.2 Å². The molecule has 1 aliphatic rings. The predicted octanol–water partition coefficient (Wildman–Crippen LogP) is 5.09. The van der Waals surface area contributed by atoms with Crippen molar-refractivity contribution in [2.24, 2.45) is 0 Å². The molecule has 5 nitrogen and oxygen atoms in total. The van der Waals surface area contributed by atoms with E-state index in [4.69, 9.17) is 21.7 Å². The molecule has 2 aromatic carbocycles. The van der Waals surface area contributed by atoms with Crippen LogP contribution in [0.2, 0.25) is 0 Å². The fourth-order valence-corrected chi connectivity index (χ4v) is 4.18. The number of hydrogen-bond donors (Lipinski definition) is 1. The number of anilines is 1. The maximum absolute atomic E-state index is 5.84. The zero-order valence-corrected chi connectivity index (χ0v) is 18.2. The highest BCUT2D eigenvalue weighted by molar-refractivity contribution is 7.80. The second-order valence-electron chi connectivity index (χ2n) is 7.11. The Hall–Kier alpha value is -2.99. The van der Waals surface area contributed by atoms with Crippen LogP contribution in [-0.2, 0) is 6.54 Å².